The van der Waals surface area contributed by atoms with E-state index in [0.717, 1.165) is 17.0 Å². The number of benzene rings is 2. The van der Waals surface area contributed by atoms with Gasteiger partial charge in [-0.25, -0.2) is 18.1 Å². The number of halogens is 3. The monoisotopic (exact) mass is 464 g/mol. The number of nitrogen functional groups attached to an aromatic ring is 1. The number of hydrogen-bond donors (Lipinski definition) is 1. The van der Waals surface area contributed by atoms with Crippen molar-refractivity contribution in [1.82, 2.24) is 9.88 Å². The number of fused-ring (bicyclic) bond motifs is 1. The topological polar surface area (TPSA) is 114 Å². The van der Waals surface area contributed by atoms with E-state index in [-0.39, 0.29) is 18.8 Å². The van der Waals surface area contributed by atoms with Crippen molar-refractivity contribution in [2.45, 2.75) is 16.9 Å². The zero-order valence-corrected chi connectivity index (χ0v) is 17.0. The molecule has 3 amide bonds. The minimum absolute atomic E-state index is 0.0348. The van der Waals surface area contributed by atoms with Gasteiger partial charge >= 0.3 is 11.5 Å². The Hall–Kier alpha value is -3.67. The maximum absolute atomic E-state index is 12.9. The Morgan fingerprint density at radius 3 is 2.38 bits per heavy atom. The van der Waals surface area contributed by atoms with Crippen molar-refractivity contribution in [3.05, 3.63) is 60.3 Å². The van der Waals surface area contributed by atoms with Gasteiger partial charge in [0.15, 0.2) is 0 Å². The van der Waals surface area contributed by atoms with Crippen LogP contribution in [0.25, 0.3) is 10.9 Å². The van der Waals surface area contributed by atoms with Crippen molar-refractivity contribution in [3.63, 3.8) is 0 Å². The van der Waals surface area contributed by atoms with Gasteiger partial charge in [0, 0.05) is 23.8 Å². The number of pyridine rings is 1. The lowest BCUT2D eigenvalue weighted by Gasteiger charge is -2.18. The summed E-state index contributed by atoms with van der Waals surface area (Å²) in [7, 11) is -5.53. The summed E-state index contributed by atoms with van der Waals surface area (Å²) in [6, 6.07) is 9.52. The van der Waals surface area contributed by atoms with Gasteiger partial charge in [0.25, 0.3) is 15.7 Å². The van der Waals surface area contributed by atoms with E-state index in [1.807, 2.05) is 0 Å². The van der Waals surface area contributed by atoms with Gasteiger partial charge in [-0.05, 0) is 54.1 Å². The number of urea groups is 1. The summed E-state index contributed by atoms with van der Waals surface area (Å²) in [5.74, 6) is -0.598. The first-order valence-electron chi connectivity index (χ1n) is 9.15. The molecule has 166 valence electrons. The van der Waals surface area contributed by atoms with Crippen LogP contribution in [0.2, 0.25) is 0 Å². The fourth-order valence-corrected chi connectivity index (χ4v) is 4.16. The van der Waals surface area contributed by atoms with Gasteiger partial charge in [0.2, 0.25) is 0 Å². The summed E-state index contributed by atoms with van der Waals surface area (Å²) in [6.07, 6.45) is 1.56. The molecule has 3 aromatic rings. The van der Waals surface area contributed by atoms with Crippen LogP contribution in [0, 0.1) is 0 Å². The number of hydrogen-bond acceptors (Lipinski definition) is 6. The zero-order chi connectivity index (χ0) is 23.3. The van der Waals surface area contributed by atoms with Crippen LogP contribution in [-0.4, -0.2) is 42.3 Å². The molecule has 4 rings (SSSR count). The molecule has 0 bridgehead atoms. The third-order valence-electron chi connectivity index (χ3n) is 4.96. The molecule has 0 aliphatic carbocycles. The molecular formula is C20H15F3N4O4S. The van der Waals surface area contributed by atoms with Crippen molar-refractivity contribution >= 4 is 44.1 Å². The normalized spacial score (nSPS) is 15.1. The van der Waals surface area contributed by atoms with E-state index >= 15 is 0 Å². The molecule has 8 nitrogen and oxygen atoms in total. The quantitative estimate of drug-likeness (QED) is 0.469. The number of amides is 3. The zero-order valence-electron chi connectivity index (χ0n) is 16.2. The molecule has 0 atom stereocenters. The smallest absolute Gasteiger partial charge is 0.399 e. The number of alkyl halides is 3. The lowest BCUT2D eigenvalue weighted by molar-refractivity contribution is -0.116. The first kappa shape index (κ1) is 21.6. The number of nitrogens with zero attached hydrogens (tertiary/aromatic N) is 3. The second kappa shape index (κ2) is 7.48. The summed E-state index contributed by atoms with van der Waals surface area (Å²) >= 11 is 0. The molecule has 1 saturated heterocycles. The van der Waals surface area contributed by atoms with E-state index in [1.165, 1.54) is 4.90 Å². The van der Waals surface area contributed by atoms with Crippen molar-refractivity contribution in [2.75, 3.05) is 17.2 Å². The Bertz CT molecular complexity index is 1340. The molecule has 2 heterocycles. The first-order chi connectivity index (χ1) is 15.0. The maximum Gasteiger partial charge on any atom is 0.501 e. The number of nitrogens with two attached hydrogens (primary N) is 1. The van der Waals surface area contributed by atoms with Crippen LogP contribution in [0.1, 0.15) is 5.56 Å². The molecule has 1 aliphatic heterocycles. The predicted molar refractivity (Wildman–Crippen MR) is 109 cm³/mol. The second-order valence-corrected chi connectivity index (χ2v) is 9.00. The number of aromatic nitrogens is 1. The third kappa shape index (κ3) is 3.62. The van der Waals surface area contributed by atoms with Gasteiger partial charge in [-0.3, -0.25) is 9.78 Å². The van der Waals surface area contributed by atoms with Crippen molar-refractivity contribution in [1.29, 1.82) is 0 Å². The van der Waals surface area contributed by atoms with Crippen LogP contribution < -0.4 is 10.6 Å². The fraction of sp³-hybridized carbons (Fsp3) is 0.150. The summed E-state index contributed by atoms with van der Waals surface area (Å²) in [5.41, 5.74) is 2.21. The highest BCUT2D eigenvalue weighted by atomic mass is 32.2. The SMILES string of the molecule is Nc1ccc2nccc(CN3CC(=O)N(c4ccc(S(=O)(=O)C(F)(F)F)cc4)C3=O)c2c1. The lowest BCUT2D eigenvalue weighted by atomic mass is 10.1. The van der Waals surface area contributed by atoms with Crippen LogP contribution in [0.15, 0.2) is 59.6 Å². The average Bonchev–Trinajstić information content (AvgIpc) is 3.00. The fourth-order valence-electron chi connectivity index (χ4n) is 3.40. The number of carbonyl (C=O) groups is 2. The Balaban J connectivity index is 1.60. The van der Waals surface area contributed by atoms with Gasteiger partial charge in [0.05, 0.1) is 16.1 Å². The summed E-state index contributed by atoms with van der Waals surface area (Å²) < 4.78 is 61.2. The Morgan fingerprint density at radius 1 is 1.03 bits per heavy atom. The van der Waals surface area contributed by atoms with Gasteiger partial charge in [-0.2, -0.15) is 13.2 Å². The second-order valence-electron chi connectivity index (χ2n) is 7.06. The number of rotatable bonds is 4. The highest BCUT2D eigenvalue weighted by Crippen LogP contribution is 2.32. The van der Waals surface area contributed by atoms with Crippen molar-refractivity contribution < 1.29 is 31.2 Å². The third-order valence-corrected chi connectivity index (χ3v) is 6.47. The van der Waals surface area contributed by atoms with Gasteiger partial charge in [-0.1, -0.05) is 0 Å². The number of sulfone groups is 1. The number of imide groups is 1. The largest absolute Gasteiger partial charge is 0.501 e. The van der Waals surface area contributed by atoms with Crippen LogP contribution in [0.4, 0.5) is 29.3 Å². The Kier molecular flexibility index (Phi) is 5.04. The Morgan fingerprint density at radius 2 is 1.72 bits per heavy atom. The summed E-state index contributed by atoms with van der Waals surface area (Å²) in [6.45, 7) is -0.183. The van der Waals surface area contributed by atoms with Crippen LogP contribution in [0.3, 0.4) is 0 Å². The first-order valence-corrected chi connectivity index (χ1v) is 10.6. The van der Waals surface area contributed by atoms with Crippen LogP contribution in [-0.2, 0) is 21.2 Å². The van der Waals surface area contributed by atoms with E-state index in [1.54, 1.807) is 30.5 Å². The van der Waals surface area contributed by atoms with E-state index in [2.05, 4.69) is 4.98 Å². The summed E-state index contributed by atoms with van der Waals surface area (Å²) in [5, 5.41) is 0.716. The van der Waals surface area contributed by atoms with E-state index in [4.69, 9.17) is 5.73 Å². The molecule has 12 heteroatoms. The molecule has 0 saturated carbocycles. The molecule has 2 N–H and O–H groups in total. The van der Waals surface area contributed by atoms with Crippen LogP contribution in [0.5, 0.6) is 0 Å². The average molecular weight is 464 g/mol. The van der Waals surface area contributed by atoms with Gasteiger partial charge in [-0.15, -0.1) is 0 Å². The molecule has 0 spiro atoms. The summed E-state index contributed by atoms with van der Waals surface area (Å²) in [4.78, 5) is 30.6. The van der Waals surface area contributed by atoms with E-state index < -0.39 is 32.2 Å². The minimum atomic E-state index is -5.53. The molecular weight excluding hydrogens is 449 g/mol. The van der Waals surface area contributed by atoms with E-state index in [9.17, 15) is 31.2 Å². The van der Waals surface area contributed by atoms with Gasteiger partial charge < -0.3 is 10.6 Å². The lowest BCUT2D eigenvalue weighted by Crippen LogP contribution is -2.33. The standard InChI is InChI=1S/C20H15F3N4O4S/c21-20(22,23)32(30,31)15-4-2-14(3-5-15)27-18(28)11-26(19(27)29)10-12-7-8-25-17-6-1-13(24)9-16(12)17/h1-9H,10-11,24H2. The molecule has 1 aromatic heterocycles. The molecule has 0 unspecified atom stereocenters. The molecule has 1 fully saturated rings. The van der Waals surface area contributed by atoms with E-state index in [0.29, 0.717) is 34.3 Å². The molecule has 2 aromatic carbocycles. The van der Waals surface area contributed by atoms with Crippen molar-refractivity contribution in [3.8, 4) is 0 Å². The highest BCUT2D eigenvalue weighted by molar-refractivity contribution is 7.92. The highest BCUT2D eigenvalue weighted by Gasteiger charge is 2.47. The Labute approximate surface area is 180 Å². The number of carbonyl (C=O) groups excluding carboxylic acids is 2. The maximum atomic E-state index is 12.9. The molecule has 1 aliphatic rings. The number of anilines is 2. The van der Waals surface area contributed by atoms with Gasteiger partial charge in [0.1, 0.15) is 6.54 Å². The predicted octanol–water partition coefficient (Wildman–Crippen LogP) is 3.08. The molecule has 32 heavy (non-hydrogen) atoms. The minimum Gasteiger partial charge on any atom is -0.399 e. The molecule has 0 radical (unpaired) electrons. The van der Waals surface area contributed by atoms with Crippen LogP contribution >= 0.6 is 0 Å². The van der Waals surface area contributed by atoms with Crippen molar-refractivity contribution in [2.24, 2.45) is 0 Å².